The highest BCUT2D eigenvalue weighted by Crippen LogP contribution is 2.35. The Labute approximate surface area is 173 Å². The molecular formula is C20H12Cl2N2O3S. The van der Waals surface area contributed by atoms with Crippen molar-refractivity contribution in [1.82, 2.24) is 9.38 Å². The van der Waals surface area contributed by atoms with E-state index >= 15 is 0 Å². The largest absolute Gasteiger partial charge is 0.456 e. The number of halogens is 2. The maximum Gasteiger partial charge on any atom is 0.331 e. The summed E-state index contributed by atoms with van der Waals surface area (Å²) in [6, 6.07) is 12.3. The van der Waals surface area contributed by atoms with E-state index in [9.17, 15) is 9.59 Å². The Morgan fingerprint density at radius 1 is 1.21 bits per heavy atom. The van der Waals surface area contributed by atoms with Crippen LogP contribution >= 0.6 is 34.5 Å². The lowest BCUT2D eigenvalue weighted by atomic mass is 10.2. The van der Waals surface area contributed by atoms with Gasteiger partial charge in [0, 0.05) is 33.3 Å². The van der Waals surface area contributed by atoms with Gasteiger partial charge >= 0.3 is 5.97 Å². The zero-order valence-electron chi connectivity index (χ0n) is 14.3. The number of carbonyl (C=O) groups is 1. The van der Waals surface area contributed by atoms with Crippen molar-refractivity contribution < 1.29 is 9.53 Å². The molecule has 0 spiro atoms. The first-order chi connectivity index (χ1) is 13.5. The predicted molar refractivity (Wildman–Crippen MR) is 112 cm³/mol. The van der Waals surface area contributed by atoms with Crippen LogP contribution in [-0.2, 0) is 16.1 Å². The van der Waals surface area contributed by atoms with Crippen LogP contribution in [0.25, 0.3) is 21.8 Å². The first kappa shape index (κ1) is 18.7. The van der Waals surface area contributed by atoms with Crippen LogP contribution in [0.15, 0.2) is 59.5 Å². The van der Waals surface area contributed by atoms with Crippen LogP contribution in [0.1, 0.15) is 10.6 Å². The molecule has 140 valence electrons. The summed E-state index contributed by atoms with van der Waals surface area (Å²) in [5, 5.41) is 1.98. The molecule has 0 amide bonds. The summed E-state index contributed by atoms with van der Waals surface area (Å²) in [5.74, 6) is -0.549. The molecule has 5 nitrogen and oxygen atoms in total. The number of aromatic nitrogens is 2. The van der Waals surface area contributed by atoms with Gasteiger partial charge in [0.1, 0.15) is 12.3 Å². The average molecular weight is 431 g/mol. The van der Waals surface area contributed by atoms with Gasteiger partial charge in [-0.15, -0.1) is 11.3 Å². The summed E-state index contributed by atoms with van der Waals surface area (Å²) < 4.78 is 7.56. The summed E-state index contributed by atoms with van der Waals surface area (Å²) in [6.07, 6.45) is 4.42. The Morgan fingerprint density at radius 3 is 2.86 bits per heavy atom. The number of nitrogens with zero attached hydrogens (tertiary/aromatic N) is 2. The number of thiophene rings is 1. The highest BCUT2D eigenvalue weighted by Gasteiger charge is 2.09. The van der Waals surface area contributed by atoms with Crippen molar-refractivity contribution >= 4 is 62.3 Å². The van der Waals surface area contributed by atoms with Crippen molar-refractivity contribution in [3.8, 4) is 0 Å². The fraction of sp³-hybridized carbons (Fsp3) is 0.0500. The maximum atomic E-state index is 12.1. The number of hydrogen-bond donors (Lipinski definition) is 0. The molecule has 0 aliphatic heterocycles. The molecule has 28 heavy (non-hydrogen) atoms. The zero-order chi connectivity index (χ0) is 19.7. The van der Waals surface area contributed by atoms with E-state index in [2.05, 4.69) is 4.98 Å². The van der Waals surface area contributed by atoms with Gasteiger partial charge in [0.2, 0.25) is 0 Å². The topological polar surface area (TPSA) is 60.7 Å². The van der Waals surface area contributed by atoms with E-state index in [-0.39, 0.29) is 12.2 Å². The first-order valence-electron chi connectivity index (χ1n) is 8.21. The summed E-state index contributed by atoms with van der Waals surface area (Å²) >= 11 is 13.7. The van der Waals surface area contributed by atoms with E-state index in [0.717, 1.165) is 15.0 Å². The highest BCUT2D eigenvalue weighted by molar-refractivity contribution is 7.20. The fourth-order valence-electron chi connectivity index (χ4n) is 2.68. The third-order valence-corrected chi connectivity index (χ3v) is 5.85. The van der Waals surface area contributed by atoms with E-state index in [1.165, 1.54) is 34.1 Å². The number of fused-ring (bicyclic) bond motifs is 2. The van der Waals surface area contributed by atoms with Gasteiger partial charge in [0.25, 0.3) is 5.56 Å². The van der Waals surface area contributed by atoms with Crippen LogP contribution in [-0.4, -0.2) is 15.4 Å². The number of rotatable bonds is 4. The number of carbonyl (C=O) groups excluding carboxylic acids is 1. The van der Waals surface area contributed by atoms with Gasteiger partial charge in [0.05, 0.1) is 15.7 Å². The molecule has 1 aromatic carbocycles. The van der Waals surface area contributed by atoms with Gasteiger partial charge in [-0.3, -0.25) is 9.20 Å². The second kappa shape index (κ2) is 7.75. The summed E-state index contributed by atoms with van der Waals surface area (Å²) in [4.78, 5) is 29.2. The third-order valence-electron chi connectivity index (χ3n) is 3.97. The number of pyridine rings is 1. The highest BCUT2D eigenvalue weighted by atomic mass is 35.5. The zero-order valence-corrected chi connectivity index (χ0v) is 16.6. The van der Waals surface area contributed by atoms with Crippen LogP contribution in [0, 0.1) is 0 Å². The minimum absolute atomic E-state index is 0.113. The molecule has 0 bridgehead atoms. The van der Waals surface area contributed by atoms with Gasteiger partial charge < -0.3 is 4.74 Å². The summed E-state index contributed by atoms with van der Waals surface area (Å²) in [5.41, 5.74) is 0.482. The quantitative estimate of drug-likeness (QED) is 0.338. The Kier molecular flexibility index (Phi) is 5.17. The molecule has 4 aromatic rings. The molecule has 0 saturated carbocycles. The molecule has 0 N–H and O–H groups in total. The molecule has 0 unspecified atom stereocenters. The number of ether oxygens (including phenoxy) is 1. The lowest BCUT2D eigenvalue weighted by molar-refractivity contribution is -0.139. The lowest BCUT2D eigenvalue weighted by Crippen LogP contribution is -2.16. The second-order valence-corrected chi connectivity index (χ2v) is 7.78. The Morgan fingerprint density at radius 2 is 2.04 bits per heavy atom. The molecule has 3 heterocycles. The van der Waals surface area contributed by atoms with Gasteiger partial charge in [-0.05, 0) is 24.3 Å². The number of esters is 1. The molecule has 8 heteroatoms. The van der Waals surface area contributed by atoms with Crippen molar-refractivity contribution in [3.05, 3.63) is 85.7 Å². The van der Waals surface area contributed by atoms with Crippen molar-refractivity contribution in [2.24, 2.45) is 0 Å². The van der Waals surface area contributed by atoms with Crippen molar-refractivity contribution in [1.29, 1.82) is 0 Å². The molecule has 0 saturated heterocycles. The second-order valence-electron chi connectivity index (χ2n) is 5.88. The Bertz CT molecular complexity index is 1290. The van der Waals surface area contributed by atoms with Crippen LogP contribution < -0.4 is 5.56 Å². The van der Waals surface area contributed by atoms with E-state index in [4.69, 9.17) is 27.9 Å². The SMILES string of the molecule is O=C(/C=C/c1sc2ccccc2c1Cl)OCc1cc(=O)n2cc(Cl)ccc2n1. The van der Waals surface area contributed by atoms with Crippen LogP contribution in [0.4, 0.5) is 0 Å². The number of hydrogen-bond acceptors (Lipinski definition) is 5. The molecule has 0 aliphatic carbocycles. The maximum absolute atomic E-state index is 12.1. The lowest BCUT2D eigenvalue weighted by Gasteiger charge is -2.04. The normalized spacial score (nSPS) is 11.5. The molecule has 0 atom stereocenters. The minimum Gasteiger partial charge on any atom is -0.456 e. The van der Waals surface area contributed by atoms with Crippen molar-refractivity contribution in [2.45, 2.75) is 6.61 Å². The van der Waals surface area contributed by atoms with Crippen LogP contribution in [0.3, 0.4) is 0 Å². The van der Waals surface area contributed by atoms with Crippen LogP contribution in [0.5, 0.6) is 0 Å². The van der Waals surface area contributed by atoms with Crippen molar-refractivity contribution in [3.63, 3.8) is 0 Å². The van der Waals surface area contributed by atoms with E-state index in [0.29, 0.717) is 21.4 Å². The summed E-state index contributed by atoms with van der Waals surface area (Å²) in [6.45, 7) is -0.113. The van der Waals surface area contributed by atoms with Gasteiger partial charge in [-0.1, -0.05) is 41.4 Å². The van der Waals surface area contributed by atoms with Gasteiger partial charge in [-0.25, -0.2) is 9.78 Å². The van der Waals surface area contributed by atoms with E-state index < -0.39 is 5.97 Å². The molecule has 0 aliphatic rings. The Hall–Kier alpha value is -2.67. The average Bonchev–Trinajstić information content (AvgIpc) is 3.01. The van der Waals surface area contributed by atoms with Crippen LogP contribution in [0.2, 0.25) is 10.0 Å². The fourth-order valence-corrected chi connectivity index (χ4v) is 4.24. The van der Waals surface area contributed by atoms with Crippen molar-refractivity contribution in [2.75, 3.05) is 0 Å². The van der Waals surface area contributed by atoms with Gasteiger partial charge in [-0.2, -0.15) is 0 Å². The Balaban J connectivity index is 1.47. The first-order valence-corrected chi connectivity index (χ1v) is 9.78. The molecule has 0 fully saturated rings. The third kappa shape index (κ3) is 3.80. The smallest absolute Gasteiger partial charge is 0.331 e. The molecular weight excluding hydrogens is 419 g/mol. The predicted octanol–water partition coefficient (Wildman–Crippen LogP) is 4.97. The molecule has 3 aromatic heterocycles. The standard InChI is InChI=1S/C20H12Cl2N2O3S/c21-12-5-7-17-23-13(9-18(25)24(17)10-12)11-27-19(26)8-6-16-20(22)14-3-1-2-4-15(14)28-16/h1-10H,11H2/b8-6+. The number of benzene rings is 1. The van der Waals surface area contributed by atoms with E-state index in [1.54, 1.807) is 18.2 Å². The van der Waals surface area contributed by atoms with Gasteiger partial charge in [0.15, 0.2) is 0 Å². The molecule has 0 radical (unpaired) electrons. The minimum atomic E-state index is -0.549. The molecule has 4 rings (SSSR count). The monoisotopic (exact) mass is 430 g/mol. The van der Waals surface area contributed by atoms with E-state index in [1.807, 2.05) is 24.3 Å². The summed E-state index contributed by atoms with van der Waals surface area (Å²) in [7, 11) is 0.